The van der Waals surface area contributed by atoms with Crippen LogP contribution in [0.2, 0.25) is 0 Å². The Morgan fingerprint density at radius 3 is 2.87 bits per heavy atom. The van der Waals surface area contributed by atoms with Gasteiger partial charge in [-0.05, 0) is 25.0 Å². The number of pyridine rings is 2. The number of rotatable bonds is 1. The summed E-state index contributed by atoms with van der Waals surface area (Å²) in [7, 11) is 0. The number of hydrogen-bond acceptors (Lipinski definition) is 7. The van der Waals surface area contributed by atoms with Crippen molar-refractivity contribution in [1.29, 1.82) is 0 Å². The highest BCUT2D eigenvalue weighted by atomic mass is 16.7. The van der Waals surface area contributed by atoms with Crippen molar-refractivity contribution in [2.75, 3.05) is 12.5 Å². The zero-order chi connectivity index (χ0) is 20.8. The average Bonchev–Trinajstić information content (AvgIpc) is 3.35. The van der Waals surface area contributed by atoms with Gasteiger partial charge in [0.05, 0.1) is 29.1 Å². The van der Waals surface area contributed by atoms with Crippen LogP contribution in [0.25, 0.3) is 22.3 Å². The molecule has 1 atom stereocenters. The van der Waals surface area contributed by atoms with E-state index in [1.165, 1.54) is 0 Å². The Bertz CT molecular complexity index is 1360. The fourth-order valence-electron chi connectivity index (χ4n) is 4.90. The number of ketones is 1. The maximum Gasteiger partial charge on any atom is 0.254 e. The molecule has 8 heteroatoms. The Hall–Kier alpha value is -3.39. The van der Waals surface area contributed by atoms with Crippen LogP contribution < -0.4 is 20.8 Å². The number of benzene rings is 1. The largest absolute Gasteiger partial charge is 0.453 e. The van der Waals surface area contributed by atoms with E-state index in [2.05, 4.69) is 0 Å². The van der Waals surface area contributed by atoms with Crippen molar-refractivity contribution in [2.24, 2.45) is 0 Å². The van der Waals surface area contributed by atoms with Gasteiger partial charge in [0.15, 0.2) is 17.3 Å². The number of nitrogens with zero attached hydrogens (tertiary/aromatic N) is 2. The lowest BCUT2D eigenvalue weighted by Crippen LogP contribution is -2.43. The highest BCUT2D eigenvalue weighted by molar-refractivity contribution is 5.98. The van der Waals surface area contributed by atoms with Crippen LogP contribution in [0.15, 0.2) is 23.0 Å². The molecule has 3 aliphatic rings. The summed E-state index contributed by atoms with van der Waals surface area (Å²) in [6.07, 6.45) is 0.735. The number of nitrogen functional groups attached to an aromatic ring is 1. The summed E-state index contributed by atoms with van der Waals surface area (Å²) in [5, 5.41) is 11.8. The van der Waals surface area contributed by atoms with Crippen LogP contribution in [0.1, 0.15) is 36.5 Å². The number of carbonyl (C=O) groups is 1. The van der Waals surface area contributed by atoms with Crippen molar-refractivity contribution in [3.8, 4) is 22.9 Å². The van der Waals surface area contributed by atoms with E-state index in [4.69, 9.17) is 20.2 Å². The van der Waals surface area contributed by atoms with Gasteiger partial charge in [0, 0.05) is 34.6 Å². The Labute approximate surface area is 170 Å². The topological polar surface area (TPSA) is 117 Å². The summed E-state index contributed by atoms with van der Waals surface area (Å²) in [5.41, 5.74) is 8.62. The highest BCUT2D eigenvalue weighted by Gasteiger charge is 2.43. The summed E-state index contributed by atoms with van der Waals surface area (Å²) in [6.45, 7) is 2.23. The Kier molecular flexibility index (Phi) is 3.26. The van der Waals surface area contributed by atoms with Crippen LogP contribution >= 0.6 is 0 Å². The third-order valence-corrected chi connectivity index (χ3v) is 6.57. The van der Waals surface area contributed by atoms with Crippen molar-refractivity contribution in [3.63, 3.8) is 0 Å². The summed E-state index contributed by atoms with van der Waals surface area (Å²) in [5.74, 6) is 0.810. The molecule has 6 rings (SSSR count). The van der Waals surface area contributed by atoms with Crippen molar-refractivity contribution in [3.05, 3.63) is 45.2 Å². The minimum absolute atomic E-state index is 0.115. The number of Topliss-reactive ketones (excluding diaryl/α,β-unsaturated/α-hetero) is 1. The molecule has 3 N–H and O–H groups in total. The van der Waals surface area contributed by atoms with E-state index in [-0.39, 0.29) is 31.0 Å². The number of carbonyl (C=O) groups excluding carboxylic acids is 1. The van der Waals surface area contributed by atoms with Gasteiger partial charge in [-0.15, -0.1) is 0 Å². The van der Waals surface area contributed by atoms with E-state index < -0.39 is 5.60 Å². The number of aromatic nitrogens is 2. The molecule has 0 amide bonds. The fourth-order valence-corrected chi connectivity index (χ4v) is 4.90. The van der Waals surface area contributed by atoms with Gasteiger partial charge in [0.2, 0.25) is 6.79 Å². The molecule has 1 aromatic carbocycles. The van der Waals surface area contributed by atoms with Gasteiger partial charge in [-0.1, -0.05) is 6.92 Å². The van der Waals surface area contributed by atoms with Crippen LogP contribution in [-0.4, -0.2) is 27.2 Å². The summed E-state index contributed by atoms with van der Waals surface area (Å²) < 4.78 is 12.6. The summed E-state index contributed by atoms with van der Waals surface area (Å²) in [6, 6.07) is 5.47. The highest BCUT2D eigenvalue weighted by Crippen LogP contribution is 2.45. The van der Waals surface area contributed by atoms with Crippen molar-refractivity contribution >= 4 is 22.4 Å². The van der Waals surface area contributed by atoms with Crippen LogP contribution in [-0.2, 0) is 23.4 Å². The second-order valence-electron chi connectivity index (χ2n) is 8.04. The second kappa shape index (κ2) is 5.60. The van der Waals surface area contributed by atoms with Crippen LogP contribution in [0.3, 0.4) is 0 Å². The molecule has 0 spiro atoms. The van der Waals surface area contributed by atoms with Crippen molar-refractivity contribution in [2.45, 2.75) is 38.3 Å². The molecular weight excluding hydrogens is 386 g/mol. The second-order valence-corrected chi connectivity index (χ2v) is 8.04. The molecule has 152 valence electrons. The molecule has 0 bridgehead atoms. The zero-order valence-electron chi connectivity index (χ0n) is 16.3. The van der Waals surface area contributed by atoms with E-state index in [1.807, 2.05) is 6.07 Å². The molecule has 4 heterocycles. The predicted octanol–water partition coefficient (Wildman–Crippen LogP) is 1.85. The molecule has 0 fully saturated rings. The number of hydrogen-bond donors (Lipinski definition) is 2. The van der Waals surface area contributed by atoms with E-state index in [9.17, 15) is 14.7 Å². The number of nitrogens with two attached hydrogens (primary N) is 1. The standard InChI is InChI=1S/C22H19N3O5/c1-2-22(28)13-6-15-19-10(8-25(15)21(27)11(13)3-4-17(22)26)5-12-14(24-19)7-16-20(18(12)23)30-9-29-16/h5-7,28H,2-4,8-9,23H2,1H3/t22-/m0/s1. The SMILES string of the molecule is CC[C@@]1(O)C(=O)CCc2c1cc1n(c2=O)Cc2cc3c(N)c4c(cc3nc2-1)OCO4. The lowest BCUT2D eigenvalue weighted by atomic mass is 9.77. The van der Waals surface area contributed by atoms with Gasteiger partial charge in [-0.2, -0.15) is 0 Å². The molecule has 0 radical (unpaired) electrons. The molecule has 0 saturated heterocycles. The molecular formula is C22H19N3O5. The smallest absolute Gasteiger partial charge is 0.254 e. The third-order valence-electron chi connectivity index (χ3n) is 6.57. The minimum atomic E-state index is -1.63. The normalized spacial score (nSPS) is 20.9. The maximum atomic E-state index is 13.3. The lowest BCUT2D eigenvalue weighted by molar-refractivity contribution is -0.140. The molecule has 3 aromatic rings. The zero-order valence-corrected chi connectivity index (χ0v) is 16.3. The fraction of sp³-hybridized carbons (Fsp3) is 0.318. The monoisotopic (exact) mass is 405 g/mol. The van der Waals surface area contributed by atoms with E-state index in [0.717, 1.165) is 10.9 Å². The van der Waals surface area contributed by atoms with Gasteiger partial charge >= 0.3 is 0 Å². The lowest BCUT2D eigenvalue weighted by Gasteiger charge is -2.32. The first-order valence-electron chi connectivity index (χ1n) is 9.97. The molecule has 2 aromatic heterocycles. The van der Waals surface area contributed by atoms with Gasteiger partial charge in [-0.3, -0.25) is 9.59 Å². The van der Waals surface area contributed by atoms with Crippen molar-refractivity contribution < 1.29 is 19.4 Å². The summed E-state index contributed by atoms with van der Waals surface area (Å²) >= 11 is 0. The average molecular weight is 405 g/mol. The minimum Gasteiger partial charge on any atom is -0.453 e. The van der Waals surface area contributed by atoms with Gasteiger partial charge in [0.25, 0.3) is 5.56 Å². The molecule has 1 aliphatic carbocycles. The Morgan fingerprint density at radius 2 is 2.07 bits per heavy atom. The Morgan fingerprint density at radius 1 is 1.23 bits per heavy atom. The van der Waals surface area contributed by atoms with Crippen molar-refractivity contribution in [1.82, 2.24) is 9.55 Å². The van der Waals surface area contributed by atoms with Crippen LogP contribution in [0.5, 0.6) is 11.5 Å². The molecule has 0 unspecified atom stereocenters. The quantitative estimate of drug-likeness (QED) is 0.464. The van der Waals surface area contributed by atoms with E-state index >= 15 is 0 Å². The van der Waals surface area contributed by atoms with Gasteiger partial charge in [-0.25, -0.2) is 4.98 Å². The number of ether oxygens (including phenoxy) is 2. The first-order valence-corrected chi connectivity index (χ1v) is 9.97. The Balaban J connectivity index is 1.62. The number of aliphatic hydroxyl groups is 1. The number of anilines is 1. The van der Waals surface area contributed by atoms with Crippen LogP contribution in [0, 0.1) is 0 Å². The molecule has 8 nitrogen and oxygen atoms in total. The van der Waals surface area contributed by atoms with E-state index in [0.29, 0.717) is 58.2 Å². The first-order chi connectivity index (χ1) is 14.4. The molecule has 2 aliphatic heterocycles. The van der Waals surface area contributed by atoms with E-state index in [1.54, 1.807) is 23.6 Å². The summed E-state index contributed by atoms with van der Waals surface area (Å²) in [4.78, 5) is 30.5. The third kappa shape index (κ3) is 2.01. The first kappa shape index (κ1) is 17.5. The van der Waals surface area contributed by atoms with Gasteiger partial charge in [0.1, 0.15) is 5.60 Å². The van der Waals surface area contributed by atoms with Gasteiger partial charge < -0.3 is 24.9 Å². The predicted molar refractivity (Wildman–Crippen MR) is 109 cm³/mol. The number of fused-ring (bicyclic) bond motifs is 6. The maximum absolute atomic E-state index is 13.3. The molecule has 0 saturated carbocycles. The van der Waals surface area contributed by atoms with Crippen LogP contribution in [0.4, 0.5) is 5.69 Å². The molecule has 30 heavy (non-hydrogen) atoms.